The zero-order valence-corrected chi connectivity index (χ0v) is 14.9. The van der Waals surface area contributed by atoms with Crippen molar-refractivity contribution in [2.75, 3.05) is 26.2 Å². The molecule has 1 aliphatic heterocycles. The summed E-state index contributed by atoms with van der Waals surface area (Å²) >= 11 is 0. The molecule has 8 heteroatoms. The highest BCUT2D eigenvalue weighted by Gasteiger charge is 2.29. The number of nitrogens with zero attached hydrogens (tertiary/aromatic N) is 4. The molecule has 0 aromatic carbocycles. The molecule has 1 unspecified atom stereocenters. The Balaban J connectivity index is 1.65. The number of carbonyl (C=O) groups excluding carboxylic acids is 1. The number of pyridine rings is 1. The summed E-state index contributed by atoms with van der Waals surface area (Å²) in [7, 11) is 0. The van der Waals surface area contributed by atoms with Crippen LogP contribution in [0.4, 0.5) is 4.79 Å². The van der Waals surface area contributed by atoms with Crippen LogP contribution in [0.1, 0.15) is 11.6 Å². The molecule has 27 heavy (non-hydrogen) atoms. The normalized spacial score (nSPS) is 15.9. The van der Waals surface area contributed by atoms with Crippen molar-refractivity contribution in [1.82, 2.24) is 19.5 Å². The molecule has 142 valence electrons. The first-order valence-electron chi connectivity index (χ1n) is 8.53. The molecule has 1 aliphatic rings. The smallest absolute Gasteiger partial charge is 0.434 e. The highest BCUT2D eigenvalue weighted by atomic mass is 16.7. The van der Waals surface area contributed by atoms with Gasteiger partial charge in [0.2, 0.25) is 11.8 Å². The van der Waals surface area contributed by atoms with Crippen LogP contribution in [0.25, 0.3) is 0 Å². The summed E-state index contributed by atoms with van der Waals surface area (Å²) in [5.41, 5.74) is 1.88. The molecule has 0 aliphatic carbocycles. The molecule has 0 saturated carbocycles. The summed E-state index contributed by atoms with van der Waals surface area (Å²) in [5.74, 6) is -0.697. The van der Waals surface area contributed by atoms with Crippen molar-refractivity contribution in [2.45, 2.75) is 6.04 Å². The third kappa shape index (κ3) is 3.95. The van der Waals surface area contributed by atoms with Crippen LogP contribution in [0.5, 0.6) is 11.8 Å². The van der Waals surface area contributed by atoms with Gasteiger partial charge >= 0.3 is 6.09 Å². The van der Waals surface area contributed by atoms with E-state index in [1.54, 1.807) is 18.5 Å². The van der Waals surface area contributed by atoms with E-state index >= 15 is 0 Å². The van der Waals surface area contributed by atoms with Crippen LogP contribution < -0.4 is 4.84 Å². The van der Waals surface area contributed by atoms with Crippen molar-refractivity contribution >= 4 is 6.09 Å². The number of aromatic nitrogens is 2. The number of carbonyl (C=O) groups is 1. The van der Waals surface area contributed by atoms with Crippen molar-refractivity contribution in [3.8, 4) is 11.8 Å². The summed E-state index contributed by atoms with van der Waals surface area (Å²) in [6.07, 6.45) is 4.61. The molecule has 1 saturated heterocycles. The lowest BCUT2D eigenvalue weighted by atomic mass is 9.99. The van der Waals surface area contributed by atoms with Gasteiger partial charge in [0, 0.05) is 50.7 Å². The summed E-state index contributed by atoms with van der Waals surface area (Å²) in [4.78, 5) is 25.3. The summed E-state index contributed by atoms with van der Waals surface area (Å²) in [6, 6.07) is 6.28. The van der Waals surface area contributed by atoms with E-state index in [0.717, 1.165) is 11.1 Å². The Labute approximate surface area is 157 Å². The fraction of sp³-hybridized carbons (Fsp3) is 0.263. The second kappa shape index (κ2) is 7.96. The van der Waals surface area contributed by atoms with E-state index in [9.17, 15) is 15.0 Å². The molecular formula is C19H22N4O4. The average molecular weight is 370 g/mol. The Bertz CT molecular complexity index is 806. The van der Waals surface area contributed by atoms with Crippen molar-refractivity contribution in [3.63, 3.8) is 0 Å². The Morgan fingerprint density at radius 1 is 1.19 bits per heavy atom. The first-order chi connectivity index (χ1) is 13.0. The summed E-state index contributed by atoms with van der Waals surface area (Å²) < 4.78 is 0.687. The Kier molecular flexibility index (Phi) is 5.46. The lowest BCUT2D eigenvalue weighted by molar-refractivity contribution is 0.0515. The second-order valence-corrected chi connectivity index (χ2v) is 6.19. The van der Waals surface area contributed by atoms with Crippen LogP contribution in [-0.4, -0.2) is 62.0 Å². The van der Waals surface area contributed by atoms with Crippen LogP contribution in [-0.2, 0) is 0 Å². The molecule has 2 aromatic heterocycles. The van der Waals surface area contributed by atoms with Gasteiger partial charge in [-0.2, -0.15) is 0 Å². The molecule has 2 aromatic rings. The van der Waals surface area contributed by atoms with E-state index in [4.69, 9.17) is 4.84 Å². The highest BCUT2D eigenvalue weighted by Crippen LogP contribution is 2.28. The van der Waals surface area contributed by atoms with E-state index < -0.39 is 6.09 Å². The SMILES string of the molecule is C=CC(=C)C(c1cccnc1)N1CCN(C(=O)On2c(O)ccc2O)CC1. The molecule has 2 N–H and O–H groups in total. The topological polar surface area (TPSA) is 91.1 Å². The molecule has 8 nitrogen and oxygen atoms in total. The van der Waals surface area contributed by atoms with Gasteiger partial charge in [0.25, 0.3) is 0 Å². The summed E-state index contributed by atoms with van der Waals surface area (Å²) in [6.45, 7) is 9.99. The third-order valence-electron chi connectivity index (χ3n) is 4.52. The van der Waals surface area contributed by atoms with Gasteiger partial charge in [-0.25, -0.2) is 4.79 Å². The van der Waals surface area contributed by atoms with Gasteiger partial charge in [-0.15, -0.1) is 4.73 Å². The van der Waals surface area contributed by atoms with Crippen LogP contribution >= 0.6 is 0 Å². The molecule has 0 bridgehead atoms. The van der Waals surface area contributed by atoms with Gasteiger partial charge in [0.15, 0.2) is 0 Å². The first-order valence-corrected chi connectivity index (χ1v) is 8.53. The minimum Gasteiger partial charge on any atom is -0.492 e. The lowest BCUT2D eigenvalue weighted by Crippen LogP contribution is -2.51. The zero-order chi connectivity index (χ0) is 19.4. The van der Waals surface area contributed by atoms with Gasteiger partial charge in [0.05, 0.1) is 6.04 Å². The predicted octanol–water partition coefficient (Wildman–Crippen LogP) is 1.94. The van der Waals surface area contributed by atoms with Crippen LogP contribution in [0.15, 0.2) is 61.5 Å². The lowest BCUT2D eigenvalue weighted by Gasteiger charge is -2.39. The fourth-order valence-corrected chi connectivity index (χ4v) is 3.10. The van der Waals surface area contributed by atoms with E-state index in [0.29, 0.717) is 30.9 Å². The van der Waals surface area contributed by atoms with Gasteiger partial charge < -0.3 is 20.0 Å². The van der Waals surface area contributed by atoms with Gasteiger partial charge in [0.1, 0.15) is 0 Å². The molecule has 3 heterocycles. The van der Waals surface area contributed by atoms with Crippen molar-refractivity contribution in [3.05, 3.63) is 67.0 Å². The number of aromatic hydroxyl groups is 2. The standard InChI is InChI=1S/C19H22N4O4/c1-3-14(2)18(15-5-4-8-20-13-15)21-9-11-22(12-10-21)19(26)27-23-16(24)6-7-17(23)25/h3-8,13,18,24-25H,1-2,9-12H2. The van der Waals surface area contributed by atoms with E-state index in [-0.39, 0.29) is 17.8 Å². The summed E-state index contributed by atoms with van der Waals surface area (Å²) in [5, 5.41) is 19.2. The molecular weight excluding hydrogens is 348 g/mol. The van der Waals surface area contributed by atoms with Gasteiger partial charge in [-0.3, -0.25) is 9.88 Å². The molecule has 0 radical (unpaired) electrons. The predicted molar refractivity (Wildman–Crippen MR) is 99.2 cm³/mol. The van der Waals surface area contributed by atoms with Crippen molar-refractivity contribution < 1.29 is 19.8 Å². The molecule has 1 amide bonds. The van der Waals surface area contributed by atoms with E-state index in [1.807, 2.05) is 12.1 Å². The minimum atomic E-state index is -0.642. The highest BCUT2D eigenvalue weighted by molar-refractivity contribution is 5.68. The number of amides is 1. The zero-order valence-electron chi connectivity index (χ0n) is 14.9. The largest absolute Gasteiger partial charge is 0.492 e. The number of hydrogen-bond donors (Lipinski definition) is 2. The van der Waals surface area contributed by atoms with Crippen LogP contribution in [0.2, 0.25) is 0 Å². The Hall–Kier alpha value is -3.26. The van der Waals surface area contributed by atoms with E-state index in [2.05, 4.69) is 23.0 Å². The van der Waals surface area contributed by atoms with Crippen LogP contribution in [0.3, 0.4) is 0 Å². The third-order valence-corrected chi connectivity index (χ3v) is 4.52. The minimum absolute atomic E-state index is 0.0630. The maximum Gasteiger partial charge on any atom is 0.434 e. The molecule has 1 atom stereocenters. The van der Waals surface area contributed by atoms with Crippen molar-refractivity contribution in [1.29, 1.82) is 0 Å². The monoisotopic (exact) mass is 370 g/mol. The Morgan fingerprint density at radius 3 is 2.41 bits per heavy atom. The maximum atomic E-state index is 12.3. The van der Waals surface area contributed by atoms with Gasteiger partial charge in [-0.1, -0.05) is 25.3 Å². The maximum absolute atomic E-state index is 12.3. The second-order valence-electron chi connectivity index (χ2n) is 6.19. The quantitative estimate of drug-likeness (QED) is 0.782. The van der Waals surface area contributed by atoms with E-state index in [1.165, 1.54) is 17.0 Å². The van der Waals surface area contributed by atoms with Gasteiger partial charge in [-0.05, 0) is 17.2 Å². The molecule has 0 spiro atoms. The molecule has 1 fully saturated rings. The first kappa shape index (κ1) is 18.5. The number of piperazine rings is 1. The number of hydrogen-bond acceptors (Lipinski definition) is 6. The fourth-order valence-electron chi connectivity index (χ4n) is 3.10. The average Bonchev–Trinajstić information content (AvgIpc) is 3.01. The Morgan fingerprint density at radius 2 is 1.85 bits per heavy atom. The van der Waals surface area contributed by atoms with Crippen molar-refractivity contribution in [2.24, 2.45) is 0 Å². The number of rotatable bonds is 5. The van der Waals surface area contributed by atoms with Crippen LogP contribution in [0, 0.1) is 0 Å². The molecule has 3 rings (SSSR count).